The van der Waals surface area contributed by atoms with Crippen LogP contribution in [0.4, 0.5) is 11.4 Å². The van der Waals surface area contributed by atoms with Gasteiger partial charge in [0, 0.05) is 45.7 Å². The second kappa shape index (κ2) is 9.42. The molecule has 1 atom stereocenters. The average molecular weight is 420 g/mol. The maximum atomic E-state index is 12.9. The smallest absolute Gasteiger partial charge is 0.264 e. The fraction of sp³-hybridized carbons (Fsp3) is 0.579. The molecule has 1 radical (unpaired) electrons. The van der Waals surface area contributed by atoms with Crippen molar-refractivity contribution < 1.29 is 37.5 Å². The summed E-state index contributed by atoms with van der Waals surface area (Å²) in [5, 5.41) is 3.17. The van der Waals surface area contributed by atoms with Crippen LogP contribution in [0.5, 0.6) is 0 Å². The van der Waals surface area contributed by atoms with Gasteiger partial charge in [0.05, 0.1) is 25.1 Å². The van der Waals surface area contributed by atoms with Gasteiger partial charge in [0.25, 0.3) is 5.91 Å². The minimum absolute atomic E-state index is 0. The van der Waals surface area contributed by atoms with E-state index in [-0.39, 0.29) is 44.3 Å². The average Bonchev–Trinajstić information content (AvgIpc) is 2.57. The zero-order valence-corrected chi connectivity index (χ0v) is 19.1. The zero-order chi connectivity index (χ0) is 17.0. The molecule has 1 saturated heterocycles. The third-order valence-electron chi connectivity index (χ3n) is 5.43. The Morgan fingerprint density at radius 1 is 1.25 bits per heavy atom. The molecule has 0 aliphatic carbocycles. The van der Waals surface area contributed by atoms with E-state index in [9.17, 15) is 4.79 Å². The third-order valence-corrected chi connectivity index (χ3v) is 11.0. The molecule has 1 unspecified atom stereocenters. The number of nitrogens with one attached hydrogen (secondary N) is 1. The summed E-state index contributed by atoms with van der Waals surface area (Å²) < 4.78 is 0. The number of anilines is 1. The molecule has 1 aliphatic heterocycles. The Morgan fingerprint density at radius 2 is 1.79 bits per heavy atom. The van der Waals surface area contributed by atoms with Crippen molar-refractivity contribution in [2.24, 2.45) is 0 Å². The molecule has 5 heteroatoms. The minimum atomic E-state index is -1.16. The van der Waals surface area contributed by atoms with Crippen molar-refractivity contribution >= 4 is 24.5 Å². The molecule has 3 nitrogen and oxygen atoms in total. The molecule has 0 spiro atoms. The van der Waals surface area contributed by atoms with E-state index in [1.807, 2.05) is 26.0 Å². The first kappa shape index (κ1) is 21.8. The van der Waals surface area contributed by atoms with Crippen LogP contribution in [-0.2, 0) is 37.5 Å². The summed E-state index contributed by atoms with van der Waals surface area (Å²) in [6.07, 6.45) is 7.62. The van der Waals surface area contributed by atoms with E-state index in [0.717, 1.165) is 16.8 Å². The van der Waals surface area contributed by atoms with Crippen LogP contribution in [0.2, 0.25) is 0 Å². The molecule has 1 amide bonds. The van der Waals surface area contributed by atoms with E-state index in [4.69, 9.17) is 6.57 Å². The fourth-order valence-corrected chi connectivity index (χ4v) is 8.25. The van der Waals surface area contributed by atoms with E-state index in [0.29, 0.717) is 5.69 Å². The number of nitrogens with zero attached hydrogens (tertiary/aromatic N) is 1. The summed E-state index contributed by atoms with van der Waals surface area (Å²) in [6, 6.07) is 3.71. The van der Waals surface area contributed by atoms with Gasteiger partial charge in [0.1, 0.15) is 5.66 Å². The number of rotatable bonds is 4. The van der Waals surface area contributed by atoms with Crippen molar-refractivity contribution in [2.75, 3.05) is 23.8 Å². The number of aryl methyl sites for hydroxylation is 2. The molecule has 2 rings (SSSR count). The van der Waals surface area contributed by atoms with Gasteiger partial charge in [-0.05, 0) is 58.1 Å². The minimum Gasteiger partial charge on any atom is -0.322 e. The maximum Gasteiger partial charge on any atom is 0.264 e. The molecule has 24 heavy (non-hydrogen) atoms. The van der Waals surface area contributed by atoms with Crippen LogP contribution in [0.15, 0.2) is 12.1 Å². The first-order valence-electron chi connectivity index (χ1n) is 8.59. The Balaban J connectivity index is 0.00000288. The molecule has 1 fully saturated rings. The first-order valence-corrected chi connectivity index (χ1v) is 11.0. The van der Waals surface area contributed by atoms with Gasteiger partial charge in [0.2, 0.25) is 0 Å². The molecular weight excluding hydrogens is 392 g/mol. The molecule has 1 aromatic carbocycles. The van der Waals surface area contributed by atoms with Gasteiger partial charge in [0.15, 0.2) is 5.69 Å². The summed E-state index contributed by atoms with van der Waals surface area (Å²) in [4.78, 5) is 16.4. The molecule has 127 valence electrons. The zero-order valence-electron chi connectivity index (χ0n) is 15.4. The van der Waals surface area contributed by atoms with Crippen molar-refractivity contribution in [1.29, 1.82) is 0 Å². The van der Waals surface area contributed by atoms with Crippen molar-refractivity contribution in [3.63, 3.8) is 0 Å². The molecule has 0 saturated carbocycles. The van der Waals surface area contributed by atoms with Crippen LogP contribution in [0.25, 0.3) is 4.85 Å². The van der Waals surface area contributed by atoms with E-state index in [1.54, 1.807) is 0 Å². The molecule has 1 aliphatic rings. The van der Waals surface area contributed by atoms with E-state index in [1.165, 1.54) is 37.7 Å². The Kier molecular flexibility index (Phi) is 8.54. The third kappa shape index (κ3) is 4.66. The quantitative estimate of drug-likeness (QED) is 0.514. The van der Waals surface area contributed by atoms with Crippen LogP contribution < -0.4 is 5.32 Å². The van der Waals surface area contributed by atoms with Gasteiger partial charge >= 0.3 is 0 Å². The summed E-state index contributed by atoms with van der Waals surface area (Å²) in [5.41, 5.74) is 3.61. The summed E-state index contributed by atoms with van der Waals surface area (Å²) in [5.74, 6) is 0.170. The number of carbonyl (C=O) groups excluding carboxylic acids is 1. The number of hydrogen-bond donors (Lipinski definition) is 1. The largest absolute Gasteiger partial charge is 0.322 e. The molecule has 1 aromatic rings. The number of amides is 1. The van der Waals surface area contributed by atoms with Crippen molar-refractivity contribution in [1.82, 2.24) is 0 Å². The van der Waals surface area contributed by atoms with Gasteiger partial charge in [-0.2, -0.15) is 0 Å². The Labute approximate surface area is 172 Å². The molecule has 1 N–H and O–H groups in total. The normalized spacial score (nSPS) is 17.3. The van der Waals surface area contributed by atoms with Crippen molar-refractivity contribution in [2.45, 2.75) is 52.6 Å². The second-order valence-corrected chi connectivity index (χ2v) is 11.5. The molecule has 1 heterocycles. The summed E-state index contributed by atoms with van der Waals surface area (Å²) in [7, 11) is -1.16. The molecule has 0 aromatic heterocycles. The predicted octanol–water partition coefficient (Wildman–Crippen LogP) is 5.40. The van der Waals surface area contributed by atoms with Crippen molar-refractivity contribution in [3.8, 4) is 0 Å². The van der Waals surface area contributed by atoms with Crippen LogP contribution >= 0.6 is 7.26 Å². The second-order valence-electron chi connectivity index (χ2n) is 6.77. The van der Waals surface area contributed by atoms with Crippen LogP contribution in [-0.4, -0.2) is 30.1 Å². The predicted molar refractivity (Wildman–Crippen MR) is 101 cm³/mol. The Morgan fingerprint density at radius 3 is 2.25 bits per heavy atom. The first-order chi connectivity index (χ1) is 10.9. The maximum absolute atomic E-state index is 12.9. The van der Waals surface area contributed by atoms with Gasteiger partial charge in [-0.3, -0.25) is 4.79 Å². The van der Waals surface area contributed by atoms with Gasteiger partial charge < -0.3 is 5.32 Å². The van der Waals surface area contributed by atoms with Crippen LogP contribution in [0, 0.1) is 20.4 Å². The molecular formula is C19H28N2OPY+. The summed E-state index contributed by atoms with van der Waals surface area (Å²) in [6.45, 7) is 15.5. The molecule has 0 bridgehead atoms. The van der Waals surface area contributed by atoms with Crippen molar-refractivity contribution in [3.05, 3.63) is 34.7 Å². The van der Waals surface area contributed by atoms with Gasteiger partial charge in [-0.1, -0.05) is 12.1 Å². The number of benzene rings is 1. The van der Waals surface area contributed by atoms with E-state index < -0.39 is 7.26 Å². The fourth-order valence-electron chi connectivity index (χ4n) is 3.80. The SMILES string of the molecule is [C-]#[N+]c1cc(C)c(NC(=O)C(C)[P+]2(CC)CCCCC2)c(C)c1.[Y]. The number of hydrogen-bond acceptors (Lipinski definition) is 1. The monoisotopic (exact) mass is 420 g/mol. The van der Waals surface area contributed by atoms with Gasteiger partial charge in [-0.25, -0.2) is 4.85 Å². The Bertz CT molecular complexity index is 610. The van der Waals surface area contributed by atoms with Crippen LogP contribution in [0.3, 0.4) is 0 Å². The topological polar surface area (TPSA) is 33.5 Å². The number of carbonyl (C=O) groups is 1. The standard InChI is InChI=1S/C19H27N2OP.Y/c1-6-23(10-8-7-9-11-23)16(4)19(22)21-18-14(2)12-17(20-5)13-15(18)3;/h12-13,16H,6-11H2,1-4H3;/p+1. The van der Waals surface area contributed by atoms with E-state index in [2.05, 4.69) is 24.0 Å². The van der Waals surface area contributed by atoms with Gasteiger partial charge in [-0.15, -0.1) is 0 Å². The van der Waals surface area contributed by atoms with Crippen LogP contribution in [0.1, 0.15) is 44.2 Å². The Hall–Kier alpha value is -0.286. The summed E-state index contributed by atoms with van der Waals surface area (Å²) >= 11 is 0. The van der Waals surface area contributed by atoms with E-state index >= 15 is 0 Å².